The van der Waals surface area contributed by atoms with Gasteiger partial charge in [-0.1, -0.05) is 19.3 Å². The van der Waals surface area contributed by atoms with Gasteiger partial charge in [-0.2, -0.15) is 0 Å². The van der Waals surface area contributed by atoms with Gasteiger partial charge in [-0.3, -0.25) is 4.79 Å². The van der Waals surface area contributed by atoms with Gasteiger partial charge < -0.3 is 16.0 Å². The van der Waals surface area contributed by atoms with Gasteiger partial charge in [-0.25, -0.2) is 9.97 Å². The van der Waals surface area contributed by atoms with E-state index in [4.69, 9.17) is 5.73 Å². The number of aromatic nitrogens is 2. The maximum atomic E-state index is 12.1. The van der Waals surface area contributed by atoms with E-state index in [-0.39, 0.29) is 11.9 Å². The molecule has 3 rings (SSSR count). The van der Waals surface area contributed by atoms with Crippen molar-refractivity contribution in [3.8, 4) is 0 Å². The van der Waals surface area contributed by atoms with Gasteiger partial charge in [-0.05, 0) is 39.5 Å². The number of carbonyl (C=O) groups excluding carboxylic acids is 1. The van der Waals surface area contributed by atoms with Crippen molar-refractivity contribution < 1.29 is 4.79 Å². The predicted molar refractivity (Wildman–Crippen MR) is 94.8 cm³/mol. The lowest BCUT2D eigenvalue weighted by Crippen LogP contribution is -2.43. The van der Waals surface area contributed by atoms with E-state index < -0.39 is 5.54 Å². The molecule has 2 aliphatic rings. The number of aryl methyl sites for hydroxylation is 1. The monoisotopic (exact) mass is 331 g/mol. The molecule has 1 amide bonds. The molecule has 3 N–H and O–H groups in total. The molecule has 0 bridgehead atoms. The summed E-state index contributed by atoms with van der Waals surface area (Å²) in [5.74, 6) is 0.706. The number of hydrogen-bond donors (Lipinski definition) is 2. The molecule has 1 unspecified atom stereocenters. The fourth-order valence-corrected chi connectivity index (χ4v) is 3.47. The summed E-state index contributed by atoms with van der Waals surface area (Å²) in [5.41, 5.74) is 7.17. The van der Waals surface area contributed by atoms with Crippen LogP contribution in [0, 0.1) is 6.92 Å². The van der Waals surface area contributed by atoms with Crippen molar-refractivity contribution in [1.29, 1.82) is 0 Å². The SMILES string of the molecule is Cc1nc(N(C)C2CCCCC2)ncc1C(C)NC(=O)C1(N)CC1. The van der Waals surface area contributed by atoms with E-state index in [1.54, 1.807) is 0 Å². The Hall–Kier alpha value is -1.69. The van der Waals surface area contributed by atoms with E-state index in [1.807, 2.05) is 20.0 Å². The van der Waals surface area contributed by atoms with E-state index in [9.17, 15) is 4.79 Å². The third-order valence-electron chi connectivity index (χ3n) is 5.50. The second-order valence-corrected chi connectivity index (χ2v) is 7.46. The number of nitrogens with zero attached hydrogens (tertiary/aromatic N) is 3. The van der Waals surface area contributed by atoms with Crippen molar-refractivity contribution in [3.63, 3.8) is 0 Å². The normalized spacial score (nSPS) is 21.2. The maximum absolute atomic E-state index is 12.1. The van der Waals surface area contributed by atoms with Crippen LogP contribution in [0.15, 0.2) is 6.20 Å². The van der Waals surface area contributed by atoms with Gasteiger partial charge in [0.25, 0.3) is 0 Å². The lowest BCUT2D eigenvalue weighted by atomic mass is 9.95. The average molecular weight is 331 g/mol. The summed E-state index contributed by atoms with van der Waals surface area (Å²) in [6, 6.07) is 0.403. The van der Waals surface area contributed by atoms with Gasteiger partial charge in [0.1, 0.15) is 0 Å². The minimum atomic E-state index is -0.649. The molecule has 0 spiro atoms. The van der Waals surface area contributed by atoms with Gasteiger partial charge in [0.15, 0.2) is 0 Å². The smallest absolute Gasteiger partial charge is 0.240 e. The predicted octanol–water partition coefficient (Wildman–Crippen LogP) is 2.22. The Morgan fingerprint density at radius 1 is 1.38 bits per heavy atom. The van der Waals surface area contributed by atoms with E-state index in [0.717, 1.165) is 30.0 Å². The molecule has 0 radical (unpaired) electrons. The second-order valence-electron chi connectivity index (χ2n) is 7.46. The number of nitrogens with two attached hydrogens (primary N) is 1. The molecule has 1 heterocycles. The number of amides is 1. The third-order valence-corrected chi connectivity index (χ3v) is 5.50. The summed E-state index contributed by atoms with van der Waals surface area (Å²) in [4.78, 5) is 23.6. The van der Waals surface area contributed by atoms with Crippen molar-refractivity contribution in [2.75, 3.05) is 11.9 Å². The minimum absolute atomic E-state index is 0.0715. The first-order chi connectivity index (χ1) is 11.4. The topological polar surface area (TPSA) is 84.1 Å². The summed E-state index contributed by atoms with van der Waals surface area (Å²) in [5, 5.41) is 2.99. The lowest BCUT2D eigenvalue weighted by Gasteiger charge is -2.31. The number of rotatable bonds is 5. The van der Waals surface area contributed by atoms with Crippen LogP contribution in [-0.2, 0) is 4.79 Å². The van der Waals surface area contributed by atoms with Crippen LogP contribution < -0.4 is 16.0 Å². The Bertz CT molecular complexity index is 607. The first-order valence-electron chi connectivity index (χ1n) is 9.07. The van der Waals surface area contributed by atoms with E-state index >= 15 is 0 Å². The molecule has 132 valence electrons. The van der Waals surface area contributed by atoms with Crippen LogP contribution in [0.3, 0.4) is 0 Å². The largest absolute Gasteiger partial charge is 0.348 e. The Kier molecular flexibility index (Phi) is 4.76. The second kappa shape index (κ2) is 6.67. The molecule has 2 fully saturated rings. The van der Waals surface area contributed by atoms with Crippen LogP contribution in [0.5, 0.6) is 0 Å². The van der Waals surface area contributed by atoms with Crippen molar-refractivity contribution in [3.05, 3.63) is 17.5 Å². The molecular weight excluding hydrogens is 302 g/mol. The molecule has 2 aliphatic carbocycles. The molecule has 1 aromatic rings. The average Bonchev–Trinajstić information content (AvgIpc) is 3.33. The van der Waals surface area contributed by atoms with Crippen LogP contribution in [0.2, 0.25) is 0 Å². The molecular formula is C18H29N5O. The molecule has 6 heteroatoms. The highest BCUT2D eigenvalue weighted by Crippen LogP contribution is 2.33. The summed E-state index contributed by atoms with van der Waals surface area (Å²) in [6.45, 7) is 3.94. The summed E-state index contributed by atoms with van der Waals surface area (Å²) in [7, 11) is 2.08. The molecule has 2 saturated carbocycles. The zero-order valence-electron chi connectivity index (χ0n) is 15.0. The highest BCUT2D eigenvalue weighted by Gasteiger charge is 2.46. The third kappa shape index (κ3) is 3.53. The first kappa shape index (κ1) is 17.1. The maximum Gasteiger partial charge on any atom is 0.240 e. The first-order valence-corrected chi connectivity index (χ1v) is 9.07. The van der Waals surface area contributed by atoms with Gasteiger partial charge in [0, 0.05) is 30.5 Å². The standard InChI is InChI=1S/C18H29N5O/c1-12(21-16(24)18(19)9-10-18)15-11-20-17(22-13(15)2)23(3)14-7-5-4-6-8-14/h11-12,14H,4-10,19H2,1-3H3,(H,21,24). The van der Waals surface area contributed by atoms with Crippen LogP contribution in [-0.4, -0.2) is 34.5 Å². The lowest BCUT2D eigenvalue weighted by molar-refractivity contribution is -0.123. The van der Waals surface area contributed by atoms with Crippen LogP contribution in [0.25, 0.3) is 0 Å². The van der Waals surface area contributed by atoms with Crippen LogP contribution in [0.1, 0.15) is 69.2 Å². The molecule has 1 atom stereocenters. The Morgan fingerprint density at radius 3 is 2.62 bits per heavy atom. The number of nitrogens with one attached hydrogen (secondary N) is 1. The zero-order valence-corrected chi connectivity index (χ0v) is 15.0. The Morgan fingerprint density at radius 2 is 2.04 bits per heavy atom. The minimum Gasteiger partial charge on any atom is -0.348 e. The van der Waals surface area contributed by atoms with Gasteiger partial charge in [-0.15, -0.1) is 0 Å². The molecule has 0 aromatic carbocycles. The van der Waals surface area contributed by atoms with Gasteiger partial charge in [0.05, 0.1) is 11.6 Å². The molecule has 6 nitrogen and oxygen atoms in total. The Balaban J connectivity index is 1.68. The zero-order chi connectivity index (χ0) is 17.3. The quantitative estimate of drug-likeness (QED) is 0.864. The number of anilines is 1. The number of carbonyl (C=O) groups is 1. The fourth-order valence-electron chi connectivity index (χ4n) is 3.47. The van der Waals surface area contributed by atoms with Crippen molar-refractivity contribution in [1.82, 2.24) is 15.3 Å². The fraction of sp³-hybridized carbons (Fsp3) is 0.722. The van der Waals surface area contributed by atoms with Crippen molar-refractivity contribution in [2.45, 2.75) is 76.4 Å². The van der Waals surface area contributed by atoms with Crippen molar-refractivity contribution in [2.24, 2.45) is 5.73 Å². The molecule has 0 aliphatic heterocycles. The number of hydrogen-bond acceptors (Lipinski definition) is 5. The summed E-state index contributed by atoms with van der Waals surface area (Å²) >= 11 is 0. The van der Waals surface area contributed by atoms with Crippen molar-refractivity contribution >= 4 is 11.9 Å². The van der Waals surface area contributed by atoms with E-state index in [1.165, 1.54) is 32.1 Å². The van der Waals surface area contributed by atoms with Crippen LogP contribution in [0.4, 0.5) is 5.95 Å². The highest BCUT2D eigenvalue weighted by atomic mass is 16.2. The highest BCUT2D eigenvalue weighted by molar-refractivity contribution is 5.89. The summed E-state index contributed by atoms with van der Waals surface area (Å²) in [6.07, 6.45) is 9.72. The van der Waals surface area contributed by atoms with Gasteiger partial charge >= 0.3 is 0 Å². The summed E-state index contributed by atoms with van der Waals surface area (Å²) < 4.78 is 0. The molecule has 0 saturated heterocycles. The molecule has 24 heavy (non-hydrogen) atoms. The van der Waals surface area contributed by atoms with E-state index in [2.05, 4.69) is 27.2 Å². The molecule has 1 aromatic heterocycles. The van der Waals surface area contributed by atoms with E-state index in [0.29, 0.717) is 6.04 Å². The Labute approximate surface area is 144 Å². The van der Waals surface area contributed by atoms with Crippen LogP contribution >= 0.6 is 0 Å². The van der Waals surface area contributed by atoms with Gasteiger partial charge in [0.2, 0.25) is 11.9 Å².